The van der Waals surface area contributed by atoms with E-state index >= 15 is 0 Å². The molecule has 0 bridgehead atoms. The lowest BCUT2D eigenvalue weighted by molar-refractivity contribution is -0.120. The van der Waals surface area contributed by atoms with Crippen molar-refractivity contribution in [3.05, 3.63) is 22.4 Å². The summed E-state index contributed by atoms with van der Waals surface area (Å²) in [7, 11) is 0. The first-order valence-electron chi connectivity index (χ1n) is 5.77. The molecule has 1 amide bonds. The van der Waals surface area contributed by atoms with Crippen LogP contribution in [-0.4, -0.2) is 19.0 Å². The van der Waals surface area contributed by atoms with E-state index in [1.807, 2.05) is 6.07 Å². The third-order valence-electron chi connectivity index (χ3n) is 2.39. The number of rotatable bonds is 7. The lowest BCUT2D eigenvalue weighted by Gasteiger charge is -2.11. The molecule has 16 heavy (non-hydrogen) atoms. The first-order chi connectivity index (χ1) is 7.74. The number of hydrogen-bond donors (Lipinski definition) is 2. The van der Waals surface area contributed by atoms with Crippen LogP contribution >= 0.6 is 11.3 Å². The molecule has 3 nitrogen and oxygen atoms in total. The second-order valence-corrected chi connectivity index (χ2v) is 4.80. The summed E-state index contributed by atoms with van der Waals surface area (Å²) in [4.78, 5) is 12.7. The molecule has 0 aliphatic carbocycles. The molecule has 1 atom stereocenters. The second kappa shape index (κ2) is 7.41. The smallest absolute Gasteiger partial charge is 0.233 e. The van der Waals surface area contributed by atoms with E-state index in [0.29, 0.717) is 6.54 Å². The van der Waals surface area contributed by atoms with Crippen LogP contribution in [0.5, 0.6) is 0 Å². The van der Waals surface area contributed by atoms with Gasteiger partial charge in [0.1, 0.15) is 0 Å². The van der Waals surface area contributed by atoms with E-state index in [0.717, 1.165) is 19.4 Å². The van der Waals surface area contributed by atoms with Gasteiger partial charge in [-0.25, -0.2) is 0 Å². The van der Waals surface area contributed by atoms with Gasteiger partial charge in [0.05, 0.1) is 6.54 Å². The Morgan fingerprint density at radius 3 is 3.00 bits per heavy atom. The van der Waals surface area contributed by atoms with Crippen molar-refractivity contribution in [2.45, 2.75) is 32.7 Å². The summed E-state index contributed by atoms with van der Waals surface area (Å²) in [5.41, 5.74) is 0. The summed E-state index contributed by atoms with van der Waals surface area (Å²) in [5, 5.41) is 8.15. The number of thiophene rings is 1. The van der Waals surface area contributed by atoms with Crippen molar-refractivity contribution >= 4 is 17.2 Å². The lowest BCUT2D eigenvalue weighted by Crippen LogP contribution is -2.35. The van der Waals surface area contributed by atoms with Crippen molar-refractivity contribution in [1.82, 2.24) is 10.6 Å². The van der Waals surface area contributed by atoms with Crippen molar-refractivity contribution < 1.29 is 4.79 Å². The maximum Gasteiger partial charge on any atom is 0.233 e. The van der Waals surface area contributed by atoms with Gasteiger partial charge in [0.25, 0.3) is 0 Å². The molecule has 1 heterocycles. The van der Waals surface area contributed by atoms with Gasteiger partial charge in [0.2, 0.25) is 5.91 Å². The highest BCUT2D eigenvalue weighted by molar-refractivity contribution is 7.10. The van der Waals surface area contributed by atoms with Crippen molar-refractivity contribution in [3.8, 4) is 0 Å². The van der Waals surface area contributed by atoms with Gasteiger partial charge in [-0.1, -0.05) is 19.4 Å². The molecule has 0 aromatic carbocycles. The van der Waals surface area contributed by atoms with E-state index in [1.54, 1.807) is 11.3 Å². The lowest BCUT2D eigenvalue weighted by atomic mass is 10.3. The van der Waals surface area contributed by atoms with Crippen LogP contribution in [0.25, 0.3) is 0 Å². The molecule has 90 valence electrons. The molecule has 0 saturated carbocycles. The van der Waals surface area contributed by atoms with Crippen molar-refractivity contribution in [2.24, 2.45) is 0 Å². The Labute approximate surface area is 101 Å². The van der Waals surface area contributed by atoms with Crippen LogP contribution in [0.15, 0.2) is 17.5 Å². The van der Waals surface area contributed by atoms with E-state index in [9.17, 15) is 4.79 Å². The second-order valence-electron chi connectivity index (χ2n) is 3.82. The SMILES string of the molecule is CCCCNC(=O)CN[C@@H](C)c1cccs1. The summed E-state index contributed by atoms with van der Waals surface area (Å²) in [6, 6.07) is 4.36. The zero-order valence-corrected chi connectivity index (χ0v) is 10.8. The first kappa shape index (κ1) is 13.2. The van der Waals surface area contributed by atoms with Crippen LogP contribution in [-0.2, 0) is 4.79 Å². The fourth-order valence-electron chi connectivity index (χ4n) is 1.35. The molecule has 0 spiro atoms. The molecular formula is C12H20N2OS. The summed E-state index contributed by atoms with van der Waals surface area (Å²) in [5.74, 6) is 0.0804. The third-order valence-corrected chi connectivity index (χ3v) is 3.45. The quantitative estimate of drug-likeness (QED) is 0.718. The number of amides is 1. The molecule has 0 aliphatic heterocycles. The molecule has 0 saturated heterocycles. The number of hydrogen-bond acceptors (Lipinski definition) is 3. The summed E-state index contributed by atoms with van der Waals surface area (Å²) in [6.45, 7) is 5.36. The maximum absolute atomic E-state index is 11.4. The number of carbonyl (C=O) groups is 1. The highest BCUT2D eigenvalue weighted by Crippen LogP contribution is 2.17. The summed E-state index contributed by atoms with van der Waals surface area (Å²) >= 11 is 1.71. The van der Waals surface area contributed by atoms with E-state index in [4.69, 9.17) is 0 Å². The van der Waals surface area contributed by atoms with Gasteiger partial charge in [-0.05, 0) is 24.8 Å². The fraction of sp³-hybridized carbons (Fsp3) is 0.583. The van der Waals surface area contributed by atoms with Gasteiger partial charge in [-0.15, -0.1) is 11.3 Å². The van der Waals surface area contributed by atoms with Gasteiger partial charge in [0, 0.05) is 17.5 Å². The van der Waals surface area contributed by atoms with Gasteiger partial charge in [-0.2, -0.15) is 0 Å². The molecule has 0 unspecified atom stereocenters. The minimum absolute atomic E-state index is 0.0804. The van der Waals surface area contributed by atoms with Crippen LogP contribution < -0.4 is 10.6 Å². The molecule has 4 heteroatoms. The highest BCUT2D eigenvalue weighted by Gasteiger charge is 2.07. The zero-order valence-electron chi connectivity index (χ0n) is 9.95. The molecule has 2 N–H and O–H groups in total. The maximum atomic E-state index is 11.4. The van der Waals surface area contributed by atoms with E-state index in [2.05, 4.69) is 35.9 Å². The van der Waals surface area contributed by atoms with Crippen molar-refractivity contribution in [3.63, 3.8) is 0 Å². The van der Waals surface area contributed by atoms with E-state index in [1.165, 1.54) is 4.88 Å². The van der Waals surface area contributed by atoms with Crippen molar-refractivity contribution in [2.75, 3.05) is 13.1 Å². The van der Waals surface area contributed by atoms with Crippen LogP contribution in [0.3, 0.4) is 0 Å². The van der Waals surface area contributed by atoms with E-state index < -0.39 is 0 Å². The van der Waals surface area contributed by atoms with Gasteiger partial charge < -0.3 is 10.6 Å². The first-order valence-corrected chi connectivity index (χ1v) is 6.65. The summed E-state index contributed by atoms with van der Waals surface area (Å²) < 4.78 is 0. The predicted octanol–water partition coefficient (Wildman–Crippen LogP) is 2.32. The molecule has 1 rings (SSSR count). The minimum atomic E-state index is 0.0804. The average Bonchev–Trinajstić information content (AvgIpc) is 2.79. The van der Waals surface area contributed by atoms with Crippen molar-refractivity contribution in [1.29, 1.82) is 0 Å². The Hall–Kier alpha value is -0.870. The van der Waals surface area contributed by atoms with Gasteiger partial charge in [0.15, 0.2) is 0 Å². The fourth-order valence-corrected chi connectivity index (χ4v) is 2.11. The zero-order chi connectivity index (χ0) is 11.8. The Morgan fingerprint density at radius 1 is 1.56 bits per heavy atom. The standard InChI is InChI=1S/C12H20N2OS/c1-3-4-7-13-12(15)9-14-10(2)11-6-5-8-16-11/h5-6,8,10,14H,3-4,7,9H2,1-2H3,(H,13,15)/t10-/m0/s1. The van der Waals surface area contributed by atoms with Gasteiger partial charge in [-0.3, -0.25) is 4.79 Å². The molecule has 1 aromatic rings. The van der Waals surface area contributed by atoms with Crippen LogP contribution in [0, 0.1) is 0 Å². The Kier molecular flexibility index (Phi) is 6.11. The topological polar surface area (TPSA) is 41.1 Å². The number of nitrogens with one attached hydrogen (secondary N) is 2. The minimum Gasteiger partial charge on any atom is -0.355 e. The number of carbonyl (C=O) groups excluding carboxylic acids is 1. The van der Waals surface area contributed by atoms with E-state index in [-0.39, 0.29) is 11.9 Å². The highest BCUT2D eigenvalue weighted by atomic mass is 32.1. The molecule has 1 aromatic heterocycles. The average molecular weight is 240 g/mol. The normalized spacial score (nSPS) is 12.4. The molecular weight excluding hydrogens is 220 g/mol. The summed E-state index contributed by atoms with van der Waals surface area (Å²) in [6.07, 6.45) is 2.16. The molecule has 0 aliphatic rings. The van der Waals surface area contributed by atoms with Crippen LogP contribution in [0.1, 0.15) is 37.6 Å². The Bertz CT molecular complexity index is 298. The van der Waals surface area contributed by atoms with Crippen LogP contribution in [0.2, 0.25) is 0 Å². The molecule has 0 fully saturated rings. The molecule has 0 radical (unpaired) electrons. The monoisotopic (exact) mass is 240 g/mol. The van der Waals surface area contributed by atoms with Gasteiger partial charge >= 0.3 is 0 Å². The Balaban J connectivity index is 2.16. The third kappa shape index (κ3) is 4.77. The number of unbranched alkanes of at least 4 members (excludes halogenated alkanes) is 1. The Morgan fingerprint density at radius 2 is 2.38 bits per heavy atom. The largest absolute Gasteiger partial charge is 0.355 e. The predicted molar refractivity (Wildman–Crippen MR) is 68.7 cm³/mol. The van der Waals surface area contributed by atoms with Crippen LogP contribution in [0.4, 0.5) is 0 Å².